The first kappa shape index (κ1) is 78.5. The summed E-state index contributed by atoms with van der Waals surface area (Å²) in [6, 6.07) is 0. The molecule has 0 bridgehead atoms. The monoisotopic (exact) mass is 2870 g/mol. The predicted molar refractivity (Wildman–Crippen MR) is 128 cm³/mol. The van der Waals surface area contributed by atoms with E-state index in [1.807, 2.05) is 0 Å². The van der Waals surface area contributed by atoms with Gasteiger partial charge in [0.2, 0.25) is 0 Å². The third-order valence-corrected chi connectivity index (χ3v) is 7.71. The van der Waals surface area contributed by atoms with Crippen molar-refractivity contribution in [2.75, 3.05) is 13.2 Å². The van der Waals surface area contributed by atoms with Crippen LogP contribution in [0.3, 0.4) is 0 Å². The van der Waals surface area contributed by atoms with E-state index < -0.39 is 124 Å². The molecule has 4 aliphatic heterocycles. The quantitative estimate of drug-likeness (QED) is 0.109. The first-order chi connectivity index (χ1) is 19.4. The summed E-state index contributed by atoms with van der Waals surface area (Å²) >= 11 is 0. The van der Waals surface area contributed by atoms with Gasteiger partial charge in [-0.2, -0.15) is 0 Å². The minimum absolute atomic E-state index is 0. The Labute approximate surface area is 655 Å². The molecule has 0 aromatic carbocycles. The maximum Gasteiger partial charge on any atom is 0.187 e. The fraction of sp³-hybridized carbons (Fsp3) is 0.917. The van der Waals surface area contributed by atoms with Crippen LogP contribution in [0.4, 0.5) is 0 Å². The molecule has 3 fully saturated rings. The molecule has 0 amide bonds. The second-order valence-electron chi connectivity index (χ2n) is 10.6. The van der Waals surface area contributed by atoms with Gasteiger partial charge in [0.15, 0.2) is 18.9 Å². The van der Waals surface area contributed by atoms with Gasteiger partial charge >= 0.3 is 0 Å². The zero-order valence-electron chi connectivity index (χ0n) is 28.1. The van der Waals surface area contributed by atoms with E-state index in [1.165, 1.54) is 26.2 Å². The summed E-state index contributed by atoms with van der Waals surface area (Å²) in [6.45, 7) is 1.49. The van der Waals surface area contributed by atoms with Crippen molar-refractivity contribution in [3.05, 3.63) is 12.3 Å². The first-order valence-corrected chi connectivity index (χ1v) is 13.3. The van der Waals surface area contributed by atoms with E-state index in [0.29, 0.717) is 0 Å². The molecule has 10 N–H and O–H groups in total. The summed E-state index contributed by atoms with van der Waals surface area (Å²) in [5.41, 5.74) is 0. The second-order valence-corrected chi connectivity index (χ2v) is 10.6. The van der Waals surface area contributed by atoms with Crippen LogP contribution in [0, 0.1) is 441 Å². The van der Waals surface area contributed by atoms with Crippen molar-refractivity contribution < 1.29 is 525 Å². The van der Waals surface area contributed by atoms with Crippen molar-refractivity contribution in [2.24, 2.45) is 0 Å². The third-order valence-electron chi connectivity index (χ3n) is 7.71. The van der Waals surface area contributed by atoms with Crippen molar-refractivity contribution >= 4 is 0 Å². The van der Waals surface area contributed by atoms with Crippen molar-refractivity contribution in [3.63, 3.8) is 0 Å². The number of hydrogen-bond donors (Lipinski definition) is 10. The Morgan fingerprint density at radius 2 is 0.863 bits per heavy atom. The second kappa shape index (κ2) is 40.1. The van der Waals surface area contributed by atoms with Crippen LogP contribution in [0.5, 0.6) is 0 Å². The summed E-state index contributed by atoms with van der Waals surface area (Å²) in [6.07, 6.45) is -23.7. The van der Waals surface area contributed by atoms with E-state index in [9.17, 15) is 51.1 Å². The molecule has 268 valence electrons. The Balaban J connectivity index is -0.000000387. The molecule has 27 heteroatoms. The average molecular weight is 2870 g/mol. The first-order valence-electron chi connectivity index (χ1n) is 13.3. The van der Waals surface area contributed by atoms with Crippen molar-refractivity contribution in [2.45, 2.75) is 124 Å². The van der Waals surface area contributed by atoms with Gasteiger partial charge in [-0.1, -0.05) is 0 Å². The SMILES string of the molecule is CC1O[C@@H](OC2C=COC(CO)[C@H]2O[C@@H]2OC(CO)[C@H](O)[C@H](O)C2OC2OC(C)[C@H](O)C(O)[C@@H]2O)[C@H](O)C(O)[C@@H]1O.[Ac].[Ac].[Ac].[Ac].[Ac].[Ac].[Ac].[Ac].[Ac].[Ac]. The molecule has 0 aromatic heterocycles. The molecule has 4 rings (SSSR count). The summed E-state index contributed by atoms with van der Waals surface area (Å²) < 4.78 is 39.6. The van der Waals surface area contributed by atoms with Crippen LogP contribution in [0.2, 0.25) is 0 Å². The predicted octanol–water partition coefficient (Wildman–Crippen LogP) is -5.86. The van der Waals surface area contributed by atoms with Crippen LogP contribution in [0.1, 0.15) is 13.8 Å². The maximum absolute atomic E-state index is 10.9. The molecule has 4 heterocycles. The summed E-state index contributed by atoms with van der Waals surface area (Å²) in [5, 5.41) is 102. The normalized spacial score (nSPS) is 42.4. The van der Waals surface area contributed by atoms with Gasteiger partial charge in [0, 0.05) is 441 Å². The molecule has 0 saturated carbocycles. The van der Waals surface area contributed by atoms with Gasteiger partial charge in [0.1, 0.15) is 79.4 Å². The molecule has 0 aromatic rings. The van der Waals surface area contributed by atoms with Gasteiger partial charge in [-0.15, -0.1) is 0 Å². The van der Waals surface area contributed by atoms with E-state index in [-0.39, 0.29) is 441 Å². The number of aliphatic hydroxyl groups excluding tert-OH is 10. The Bertz CT molecular complexity index is 900. The molecular formula is C24H40Ac10O17. The van der Waals surface area contributed by atoms with E-state index in [2.05, 4.69) is 0 Å². The number of ether oxygens (including phenoxy) is 7. The van der Waals surface area contributed by atoms with Gasteiger partial charge in [0.05, 0.1) is 31.7 Å². The van der Waals surface area contributed by atoms with E-state index >= 15 is 0 Å². The van der Waals surface area contributed by atoms with E-state index in [0.717, 1.165) is 0 Å². The molecule has 3 saturated heterocycles. The van der Waals surface area contributed by atoms with Crippen LogP contribution >= 0.6 is 0 Å². The molecular weight excluding hydrogens is 2830 g/mol. The topological polar surface area (TPSA) is 267 Å². The number of rotatable bonds is 8. The van der Waals surface area contributed by atoms with Crippen LogP contribution in [-0.2, 0) is 33.2 Å². The third kappa shape index (κ3) is 22.3. The molecule has 9 unspecified atom stereocenters. The Morgan fingerprint density at radius 3 is 1.29 bits per heavy atom. The molecule has 0 spiro atoms. The zero-order valence-corrected chi connectivity index (χ0v) is 75.5. The fourth-order valence-corrected chi connectivity index (χ4v) is 5.08. The average Bonchev–Trinajstić information content (AvgIpc) is 2.96. The van der Waals surface area contributed by atoms with E-state index in [1.54, 1.807) is 0 Å². The Hall–Kier alpha value is 13.3. The summed E-state index contributed by atoms with van der Waals surface area (Å²) in [7, 11) is 0. The smallest absolute Gasteiger partial charge is 0.187 e. The maximum atomic E-state index is 10.9. The standard InChI is InChI=1S/C24H40O17.10Ac/c1-7-12(27)15(30)18(33)22(36-7)38-9-3-4-35-11(6-26)20(9)40-24-21(17(32)14(29)10(5-25)39-24)41-23-19(34)16(31)13(28)8(2)37-23;;;;;;;;;;/h3-4,7-34H,5-6H2,1-2H3;;;;;;;;;;/t7?,8?,9?,10?,11?,12-,13+,14+,15?,16?,17+,18-,19+,20+,21?,22+,23?,24+;;;;;;;;;;/m1........../s1. The molecule has 18 atom stereocenters. The van der Waals surface area contributed by atoms with Crippen LogP contribution in [0.15, 0.2) is 12.3 Å². The summed E-state index contributed by atoms with van der Waals surface area (Å²) in [4.78, 5) is 0. The Kier molecular flexibility index (Phi) is 61.7. The molecule has 17 nitrogen and oxygen atoms in total. The van der Waals surface area contributed by atoms with E-state index in [4.69, 9.17) is 33.2 Å². The van der Waals surface area contributed by atoms with Crippen LogP contribution < -0.4 is 0 Å². The number of hydrogen-bond acceptors (Lipinski definition) is 17. The summed E-state index contributed by atoms with van der Waals surface area (Å²) in [5.74, 6) is 0. The van der Waals surface area contributed by atoms with Gasteiger partial charge < -0.3 is 84.2 Å². The van der Waals surface area contributed by atoms with Crippen LogP contribution in [-0.4, -0.2) is 175 Å². The number of aliphatic hydroxyl groups is 10. The zero-order chi connectivity index (χ0) is 30.2. The van der Waals surface area contributed by atoms with Crippen molar-refractivity contribution in [3.8, 4) is 0 Å². The van der Waals surface area contributed by atoms with Crippen LogP contribution in [0.25, 0.3) is 0 Å². The van der Waals surface area contributed by atoms with Crippen molar-refractivity contribution in [1.29, 1.82) is 0 Å². The molecule has 0 aliphatic carbocycles. The minimum Gasteiger partial charge on any atom is -0.493 e. The van der Waals surface area contributed by atoms with Gasteiger partial charge in [-0.25, -0.2) is 0 Å². The Morgan fingerprint density at radius 1 is 0.451 bits per heavy atom. The van der Waals surface area contributed by atoms with Gasteiger partial charge in [-0.05, 0) is 19.9 Å². The van der Waals surface area contributed by atoms with Crippen molar-refractivity contribution in [1.82, 2.24) is 0 Å². The molecule has 10 radical (unpaired) electrons. The van der Waals surface area contributed by atoms with Gasteiger partial charge in [0.25, 0.3) is 0 Å². The molecule has 51 heavy (non-hydrogen) atoms. The fourth-order valence-electron chi connectivity index (χ4n) is 5.08. The minimum atomic E-state index is -1.80. The molecule has 4 aliphatic rings. The largest absolute Gasteiger partial charge is 0.493 e. The van der Waals surface area contributed by atoms with Gasteiger partial charge in [-0.3, -0.25) is 0 Å².